The molecule has 1 atom stereocenters. The summed E-state index contributed by atoms with van der Waals surface area (Å²) in [5.41, 5.74) is 1.23. The fraction of sp³-hybridized carbons (Fsp3) is 0.667. The van der Waals surface area contributed by atoms with Crippen molar-refractivity contribution in [1.82, 2.24) is 10.3 Å². The predicted molar refractivity (Wildman–Crippen MR) is 73.6 cm³/mol. The quantitative estimate of drug-likeness (QED) is 0.805. The van der Waals surface area contributed by atoms with Crippen LogP contribution in [0.25, 0.3) is 0 Å². The molecule has 1 aromatic heterocycles. The van der Waals surface area contributed by atoms with E-state index < -0.39 is 0 Å². The molecule has 100 valence electrons. The molecule has 0 spiro atoms. The first-order chi connectivity index (χ1) is 8.63. The fourth-order valence-electron chi connectivity index (χ4n) is 2.05. The van der Waals surface area contributed by atoms with Gasteiger partial charge in [-0.15, -0.1) is 0 Å². The molecule has 1 aliphatic rings. The normalized spacial score (nSPS) is 16.9. The van der Waals surface area contributed by atoms with Gasteiger partial charge in [-0.2, -0.15) is 0 Å². The third-order valence-corrected chi connectivity index (χ3v) is 3.10. The zero-order valence-corrected chi connectivity index (χ0v) is 11.6. The van der Waals surface area contributed by atoms with Gasteiger partial charge in [-0.1, -0.05) is 19.9 Å². The molecule has 1 fully saturated rings. The number of hydrogen-bond acceptors (Lipinski definition) is 3. The van der Waals surface area contributed by atoms with Crippen LogP contribution in [-0.4, -0.2) is 17.1 Å². The van der Waals surface area contributed by atoms with Gasteiger partial charge in [0.25, 0.3) is 0 Å². The van der Waals surface area contributed by atoms with Gasteiger partial charge in [0.15, 0.2) is 0 Å². The van der Waals surface area contributed by atoms with Gasteiger partial charge in [-0.05, 0) is 37.7 Å². The Kier molecular flexibility index (Phi) is 4.59. The van der Waals surface area contributed by atoms with Gasteiger partial charge in [-0.3, -0.25) is 0 Å². The first kappa shape index (κ1) is 13.3. The van der Waals surface area contributed by atoms with Crippen LogP contribution < -0.4 is 10.1 Å². The van der Waals surface area contributed by atoms with Crippen molar-refractivity contribution in [2.24, 2.45) is 5.92 Å². The molecule has 0 saturated heterocycles. The molecule has 2 rings (SSSR count). The van der Waals surface area contributed by atoms with Crippen molar-refractivity contribution >= 4 is 0 Å². The zero-order valence-electron chi connectivity index (χ0n) is 11.6. The summed E-state index contributed by atoms with van der Waals surface area (Å²) in [6.07, 6.45) is 5.84. The van der Waals surface area contributed by atoms with Crippen LogP contribution in [0.1, 0.15) is 45.6 Å². The minimum absolute atomic E-state index is 0.230. The first-order valence-electron chi connectivity index (χ1n) is 6.98. The molecule has 1 saturated carbocycles. The largest absolute Gasteiger partial charge is 0.475 e. The molecule has 1 N–H and O–H groups in total. The summed E-state index contributed by atoms with van der Waals surface area (Å²) < 4.78 is 5.79. The fourth-order valence-corrected chi connectivity index (χ4v) is 2.05. The molecule has 0 aliphatic heterocycles. The number of ether oxygens (including phenoxy) is 1. The van der Waals surface area contributed by atoms with Gasteiger partial charge < -0.3 is 10.1 Å². The third kappa shape index (κ3) is 4.65. The maximum Gasteiger partial charge on any atom is 0.213 e. The Labute approximate surface area is 110 Å². The van der Waals surface area contributed by atoms with Gasteiger partial charge in [-0.25, -0.2) is 4.98 Å². The molecule has 1 aromatic rings. The Morgan fingerprint density at radius 2 is 2.11 bits per heavy atom. The van der Waals surface area contributed by atoms with E-state index in [9.17, 15) is 0 Å². The lowest BCUT2D eigenvalue weighted by molar-refractivity contribution is 0.185. The first-order valence-corrected chi connectivity index (χ1v) is 6.98. The van der Waals surface area contributed by atoms with Gasteiger partial charge in [0, 0.05) is 24.8 Å². The van der Waals surface area contributed by atoms with Crippen LogP contribution in [0, 0.1) is 5.92 Å². The highest BCUT2D eigenvalue weighted by molar-refractivity contribution is 5.18. The molecule has 0 amide bonds. The second-order valence-corrected chi connectivity index (χ2v) is 5.72. The molecule has 1 aliphatic carbocycles. The number of nitrogens with zero attached hydrogens (tertiary/aromatic N) is 1. The summed E-state index contributed by atoms with van der Waals surface area (Å²) in [6.45, 7) is 7.43. The second-order valence-electron chi connectivity index (χ2n) is 5.72. The monoisotopic (exact) mass is 248 g/mol. The number of pyridine rings is 1. The van der Waals surface area contributed by atoms with E-state index in [-0.39, 0.29) is 6.10 Å². The van der Waals surface area contributed by atoms with E-state index in [0.717, 1.165) is 24.9 Å². The van der Waals surface area contributed by atoms with Crippen molar-refractivity contribution < 1.29 is 4.74 Å². The SMILES string of the molecule is CC(C)CC(C)Oc1ccc(CNC2CC2)cn1. The van der Waals surface area contributed by atoms with E-state index in [0.29, 0.717) is 5.92 Å². The Balaban J connectivity index is 1.78. The topological polar surface area (TPSA) is 34.1 Å². The van der Waals surface area contributed by atoms with E-state index in [1.54, 1.807) is 0 Å². The summed E-state index contributed by atoms with van der Waals surface area (Å²) in [5, 5.41) is 3.48. The minimum Gasteiger partial charge on any atom is -0.475 e. The minimum atomic E-state index is 0.230. The van der Waals surface area contributed by atoms with Crippen LogP contribution in [-0.2, 0) is 6.54 Å². The molecular formula is C15H24N2O. The summed E-state index contributed by atoms with van der Waals surface area (Å²) in [4.78, 5) is 4.36. The average molecular weight is 248 g/mol. The Bertz CT molecular complexity index is 357. The van der Waals surface area contributed by atoms with Gasteiger partial charge in [0.1, 0.15) is 0 Å². The molecule has 18 heavy (non-hydrogen) atoms. The highest BCUT2D eigenvalue weighted by atomic mass is 16.5. The van der Waals surface area contributed by atoms with Crippen molar-refractivity contribution in [2.75, 3.05) is 0 Å². The molecular weight excluding hydrogens is 224 g/mol. The van der Waals surface area contributed by atoms with Crippen LogP contribution >= 0.6 is 0 Å². The molecule has 0 bridgehead atoms. The highest BCUT2D eigenvalue weighted by Crippen LogP contribution is 2.19. The number of rotatable bonds is 7. The summed E-state index contributed by atoms with van der Waals surface area (Å²) >= 11 is 0. The van der Waals surface area contributed by atoms with E-state index in [1.165, 1.54) is 18.4 Å². The Morgan fingerprint density at radius 3 is 2.67 bits per heavy atom. The molecule has 0 radical (unpaired) electrons. The van der Waals surface area contributed by atoms with Gasteiger partial charge >= 0.3 is 0 Å². The predicted octanol–water partition coefficient (Wildman–Crippen LogP) is 3.15. The lowest BCUT2D eigenvalue weighted by Crippen LogP contribution is -2.16. The maximum atomic E-state index is 5.79. The van der Waals surface area contributed by atoms with E-state index in [1.807, 2.05) is 12.3 Å². The Hall–Kier alpha value is -1.09. The number of aromatic nitrogens is 1. The smallest absolute Gasteiger partial charge is 0.213 e. The van der Waals surface area contributed by atoms with E-state index in [4.69, 9.17) is 4.74 Å². The van der Waals surface area contributed by atoms with E-state index >= 15 is 0 Å². The summed E-state index contributed by atoms with van der Waals surface area (Å²) in [5.74, 6) is 1.39. The van der Waals surface area contributed by atoms with Crippen molar-refractivity contribution in [3.63, 3.8) is 0 Å². The van der Waals surface area contributed by atoms with Crippen LogP contribution in [0.4, 0.5) is 0 Å². The molecule has 0 aromatic carbocycles. The molecule has 1 heterocycles. The molecule has 3 heteroatoms. The molecule has 3 nitrogen and oxygen atoms in total. The van der Waals surface area contributed by atoms with Crippen molar-refractivity contribution in [3.05, 3.63) is 23.9 Å². The summed E-state index contributed by atoms with van der Waals surface area (Å²) in [7, 11) is 0. The average Bonchev–Trinajstić information content (AvgIpc) is 3.11. The molecule has 1 unspecified atom stereocenters. The van der Waals surface area contributed by atoms with Crippen LogP contribution in [0.5, 0.6) is 5.88 Å². The van der Waals surface area contributed by atoms with Crippen molar-refractivity contribution in [3.8, 4) is 5.88 Å². The van der Waals surface area contributed by atoms with Gasteiger partial charge in [0.05, 0.1) is 6.10 Å². The number of nitrogens with one attached hydrogen (secondary N) is 1. The van der Waals surface area contributed by atoms with Crippen molar-refractivity contribution in [1.29, 1.82) is 0 Å². The maximum absolute atomic E-state index is 5.79. The lowest BCUT2D eigenvalue weighted by Gasteiger charge is -2.15. The van der Waals surface area contributed by atoms with Gasteiger partial charge in [0.2, 0.25) is 5.88 Å². The number of hydrogen-bond donors (Lipinski definition) is 1. The summed E-state index contributed by atoms with van der Waals surface area (Å²) in [6, 6.07) is 4.81. The lowest BCUT2D eigenvalue weighted by atomic mass is 10.1. The highest BCUT2D eigenvalue weighted by Gasteiger charge is 2.19. The zero-order chi connectivity index (χ0) is 13.0. The second kappa shape index (κ2) is 6.19. The third-order valence-electron chi connectivity index (χ3n) is 3.10. The standard InChI is InChI=1S/C15H24N2O/c1-11(2)8-12(3)18-15-7-4-13(10-17-15)9-16-14-5-6-14/h4,7,10-12,14,16H,5-6,8-9H2,1-3H3. The van der Waals surface area contributed by atoms with Crippen LogP contribution in [0.15, 0.2) is 18.3 Å². The van der Waals surface area contributed by atoms with Crippen molar-refractivity contribution in [2.45, 2.75) is 58.7 Å². The van der Waals surface area contributed by atoms with Crippen LogP contribution in [0.2, 0.25) is 0 Å². The Morgan fingerprint density at radius 1 is 1.33 bits per heavy atom. The van der Waals surface area contributed by atoms with Crippen LogP contribution in [0.3, 0.4) is 0 Å². The van der Waals surface area contributed by atoms with E-state index in [2.05, 4.69) is 37.1 Å².